The maximum Gasteiger partial charge on any atom is 0.0540 e. The van der Waals surface area contributed by atoms with Crippen molar-refractivity contribution in [2.75, 3.05) is 13.7 Å². The van der Waals surface area contributed by atoms with Gasteiger partial charge in [-0.25, -0.2) is 0 Å². The van der Waals surface area contributed by atoms with Crippen LogP contribution in [0.4, 0.5) is 0 Å². The van der Waals surface area contributed by atoms with E-state index in [2.05, 4.69) is 66.4 Å². The molecule has 0 bridgehead atoms. The number of aryl methyl sites for hydroxylation is 1. The van der Waals surface area contributed by atoms with Crippen molar-refractivity contribution in [2.45, 2.75) is 26.4 Å². The van der Waals surface area contributed by atoms with Crippen LogP contribution < -0.4 is 0 Å². The number of hydrogen-bond acceptors (Lipinski definition) is 3. The Labute approximate surface area is 131 Å². The number of rotatable bonds is 5. The van der Waals surface area contributed by atoms with E-state index < -0.39 is 0 Å². The topological polar surface area (TPSA) is 23.5 Å². The van der Waals surface area contributed by atoms with Crippen LogP contribution in [0, 0.1) is 18.8 Å². The average Bonchev–Trinajstić information content (AvgIpc) is 2.86. The van der Waals surface area contributed by atoms with Crippen molar-refractivity contribution in [3.63, 3.8) is 0 Å². The van der Waals surface area contributed by atoms with Crippen LogP contribution in [-0.4, -0.2) is 23.7 Å². The summed E-state index contributed by atoms with van der Waals surface area (Å²) < 4.78 is 0. The van der Waals surface area contributed by atoms with E-state index in [0.29, 0.717) is 6.42 Å². The molecule has 0 unspecified atom stereocenters. The fraction of sp³-hybridized carbons (Fsp3) is 0.333. The third-order valence-electron chi connectivity index (χ3n) is 3.08. The van der Waals surface area contributed by atoms with Crippen LogP contribution in [-0.2, 0) is 13.1 Å². The lowest BCUT2D eigenvalue weighted by Gasteiger charge is -2.15. The molecule has 0 atom stereocenters. The SMILES string of the molecule is Cc1cccc(CN(C)Cc2cc(C#CCCO)cs2)c1. The van der Waals surface area contributed by atoms with Gasteiger partial charge in [0.2, 0.25) is 0 Å². The van der Waals surface area contributed by atoms with Crippen LogP contribution in [0.1, 0.15) is 28.0 Å². The minimum atomic E-state index is 0.128. The van der Waals surface area contributed by atoms with Gasteiger partial charge in [-0.1, -0.05) is 41.7 Å². The molecule has 0 fully saturated rings. The lowest BCUT2D eigenvalue weighted by molar-refractivity contribution is 0.305. The summed E-state index contributed by atoms with van der Waals surface area (Å²) in [4.78, 5) is 3.63. The Hall–Kier alpha value is -1.60. The predicted octanol–water partition coefficient (Wildman–Crippen LogP) is 3.42. The van der Waals surface area contributed by atoms with E-state index in [1.807, 2.05) is 0 Å². The van der Waals surface area contributed by atoms with Gasteiger partial charge in [0.05, 0.1) is 6.61 Å². The van der Waals surface area contributed by atoms with Crippen molar-refractivity contribution in [1.29, 1.82) is 0 Å². The minimum absolute atomic E-state index is 0.128. The highest BCUT2D eigenvalue weighted by Crippen LogP contribution is 2.17. The van der Waals surface area contributed by atoms with Crippen molar-refractivity contribution < 1.29 is 5.11 Å². The van der Waals surface area contributed by atoms with Gasteiger partial charge in [0, 0.05) is 35.3 Å². The molecule has 110 valence electrons. The zero-order valence-electron chi connectivity index (χ0n) is 12.6. The Bertz CT molecular complexity index is 636. The van der Waals surface area contributed by atoms with E-state index in [0.717, 1.165) is 18.7 Å². The highest BCUT2D eigenvalue weighted by molar-refractivity contribution is 7.10. The van der Waals surface area contributed by atoms with Gasteiger partial charge in [-0.3, -0.25) is 4.90 Å². The summed E-state index contributed by atoms with van der Waals surface area (Å²) in [5.41, 5.74) is 3.70. The Morgan fingerprint density at radius 3 is 2.86 bits per heavy atom. The lowest BCUT2D eigenvalue weighted by atomic mass is 10.1. The fourth-order valence-electron chi connectivity index (χ4n) is 2.19. The van der Waals surface area contributed by atoms with Crippen LogP contribution in [0.3, 0.4) is 0 Å². The maximum absolute atomic E-state index is 8.72. The van der Waals surface area contributed by atoms with Gasteiger partial charge in [-0.05, 0) is 25.6 Å². The Morgan fingerprint density at radius 2 is 2.10 bits per heavy atom. The first kappa shape index (κ1) is 15.8. The molecular formula is C18H21NOS. The fourth-order valence-corrected chi connectivity index (χ4v) is 3.09. The molecule has 0 spiro atoms. The molecule has 0 aliphatic carbocycles. The van der Waals surface area contributed by atoms with E-state index in [4.69, 9.17) is 5.11 Å². The zero-order chi connectivity index (χ0) is 15.1. The van der Waals surface area contributed by atoms with Crippen LogP contribution in [0.5, 0.6) is 0 Å². The first-order valence-corrected chi connectivity index (χ1v) is 7.96. The van der Waals surface area contributed by atoms with Crippen molar-refractivity contribution in [3.8, 4) is 11.8 Å². The summed E-state index contributed by atoms with van der Waals surface area (Å²) in [6.45, 7) is 4.13. The summed E-state index contributed by atoms with van der Waals surface area (Å²) in [5.74, 6) is 6.04. The summed E-state index contributed by atoms with van der Waals surface area (Å²) in [6.07, 6.45) is 0.540. The van der Waals surface area contributed by atoms with Gasteiger partial charge >= 0.3 is 0 Å². The number of aliphatic hydroxyl groups is 1. The van der Waals surface area contributed by atoms with Gasteiger partial charge < -0.3 is 5.11 Å². The molecule has 21 heavy (non-hydrogen) atoms. The van der Waals surface area contributed by atoms with E-state index in [-0.39, 0.29) is 6.61 Å². The molecule has 0 saturated heterocycles. The van der Waals surface area contributed by atoms with Crippen molar-refractivity contribution in [3.05, 3.63) is 57.3 Å². The van der Waals surface area contributed by atoms with Gasteiger partial charge in [0.15, 0.2) is 0 Å². The molecule has 1 heterocycles. The first-order valence-electron chi connectivity index (χ1n) is 7.08. The van der Waals surface area contributed by atoms with E-state index in [1.165, 1.54) is 16.0 Å². The van der Waals surface area contributed by atoms with Crippen molar-refractivity contribution in [2.24, 2.45) is 0 Å². The van der Waals surface area contributed by atoms with E-state index in [1.54, 1.807) is 11.3 Å². The quantitative estimate of drug-likeness (QED) is 0.855. The number of benzene rings is 1. The van der Waals surface area contributed by atoms with E-state index in [9.17, 15) is 0 Å². The first-order chi connectivity index (χ1) is 10.2. The zero-order valence-corrected chi connectivity index (χ0v) is 13.4. The number of hydrogen-bond donors (Lipinski definition) is 1. The smallest absolute Gasteiger partial charge is 0.0540 e. The highest BCUT2D eigenvalue weighted by atomic mass is 32.1. The minimum Gasteiger partial charge on any atom is -0.395 e. The second-order valence-corrected chi connectivity index (χ2v) is 6.23. The summed E-state index contributed by atoms with van der Waals surface area (Å²) in [5, 5.41) is 10.8. The lowest BCUT2D eigenvalue weighted by Crippen LogP contribution is -2.16. The summed E-state index contributed by atoms with van der Waals surface area (Å²) in [6, 6.07) is 10.8. The van der Waals surface area contributed by atoms with Crippen molar-refractivity contribution >= 4 is 11.3 Å². The highest BCUT2D eigenvalue weighted by Gasteiger charge is 2.04. The Kier molecular flexibility index (Phi) is 6.01. The largest absolute Gasteiger partial charge is 0.395 e. The van der Waals surface area contributed by atoms with Gasteiger partial charge in [0.25, 0.3) is 0 Å². The van der Waals surface area contributed by atoms with Gasteiger partial charge in [-0.2, -0.15) is 0 Å². The molecule has 2 rings (SSSR count). The third-order valence-corrected chi connectivity index (χ3v) is 4.01. The molecule has 0 aliphatic heterocycles. The van der Waals surface area contributed by atoms with Crippen LogP contribution in [0.15, 0.2) is 35.7 Å². The molecule has 0 aliphatic rings. The second-order valence-electron chi connectivity index (χ2n) is 5.24. The summed E-state index contributed by atoms with van der Waals surface area (Å²) in [7, 11) is 2.14. The van der Waals surface area contributed by atoms with Gasteiger partial charge in [0.1, 0.15) is 0 Å². The molecule has 0 radical (unpaired) electrons. The predicted molar refractivity (Wildman–Crippen MR) is 89.2 cm³/mol. The molecule has 0 saturated carbocycles. The number of nitrogens with zero attached hydrogens (tertiary/aromatic N) is 1. The molecular weight excluding hydrogens is 278 g/mol. The van der Waals surface area contributed by atoms with Crippen LogP contribution in [0.2, 0.25) is 0 Å². The van der Waals surface area contributed by atoms with Crippen molar-refractivity contribution in [1.82, 2.24) is 4.90 Å². The van der Waals surface area contributed by atoms with Gasteiger partial charge in [-0.15, -0.1) is 11.3 Å². The Morgan fingerprint density at radius 1 is 1.24 bits per heavy atom. The van der Waals surface area contributed by atoms with Crippen LogP contribution >= 0.6 is 11.3 Å². The molecule has 1 aromatic heterocycles. The second kappa shape index (κ2) is 7.99. The normalized spacial score (nSPS) is 10.5. The standard InChI is InChI=1S/C18H21NOS/c1-15-6-5-8-16(10-15)12-19(2)13-18-11-17(14-21-18)7-3-4-9-20/h5-6,8,10-11,14,20H,4,9,12-13H2,1-2H3. The molecule has 0 amide bonds. The monoisotopic (exact) mass is 299 g/mol. The Balaban J connectivity index is 1.91. The summed E-state index contributed by atoms with van der Waals surface area (Å²) >= 11 is 1.74. The average molecular weight is 299 g/mol. The van der Waals surface area contributed by atoms with Crippen LogP contribution in [0.25, 0.3) is 0 Å². The maximum atomic E-state index is 8.72. The molecule has 1 aromatic carbocycles. The third kappa shape index (κ3) is 5.35. The molecule has 2 aromatic rings. The molecule has 1 N–H and O–H groups in total. The van der Waals surface area contributed by atoms with E-state index >= 15 is 0 Å². The number of thiophene rings is 1. The molecule has 3 heteroatoms. The number of aliphatic hydroxyl groups excluding tert-OH is 1. The molecule has 2 nitrogen and oxygen atoms in total.